The van der Waals surface area contributed by atoms with Crippen molar-refractivity contribution < 1.29 is 13.9 Å². The summed E-state index contributed by atoms with van der Waals surface area (Å²) in [5.41, 5.74) is 0.558. The Balaban J connectivity index is 1.70. The third-order valence-electron chi connectivity index (χ3n) is 4.68. The topological polar surface area (TPSA) is 66.5 Å². The van der Waals surface area contributed by atoms with Gasteiger partial charge in [-0.25, -0.2) is 4.39 Å². The quantitative estimate of drug-likeness (QED) is 0.855. The molecule has 6 nitrogen and oxygen atoms in total. The lowest BCUT2D eigenvalue weighted by atomic mass is 10.1. The molecule has 1 aromatic heterocycles. The van der Waals surface area contributed by atoms with Gasteiger partial charge in [-0.15, -0.1) is 0 Å². The minimum Gasteiger partial charge on any atom is -0.481 e. The maximum Gasteiger partial charge on any atom is 0.237 e. The SMILES string of the molecule is COc1nc(N2CCCCC2)c(F)cc1CNC(=O)C1CCCN1. The van der Waals surface area contributed by atoms with Crippen molar-refractivity contribution in [2.24, 2.45) is 0 Å². The summed E-state index contributed by atoms with van der Waals surface area (Å²) in [4.78, 5) is 18.4. The summed E-state index contributed by atoms with van der Waals surface area (Å²) in [6.07, 6.45) is 5.12. The lowest BCUT2D eigenvalue weighted by Crippen LogP contribution is -2.40. The van der Waals surface area contributed by atoms with Crippen molar-refractivity contribution in [2.45, 2.75) is 44.7 Å². The Bertz CT molecular complexity index is 584. The number of hydrogen-bond donors (Lipinski definition) is 2. The van der Waals surface area contributed by atoms with Gasteiger partial charge in [-0.2, -0.15) is 4.98 Å². The highest BCUT2D eigenvalue weighted by atomic mass is 19.1. The van der Waals surface area contributed by atoms with E-state index in [1.807, 2.05) is 4.90 Å². The van der Waals surface area contributed by atoms with E-state index in [4.69, 9.17) is 4.74 Å². The van der Waals surface area contributed by atoms with Crippen LogP contribution in [0.5, 0.6) is 5.88 Å². The highest BCUT2D eigenvalue weighted by Crippen LogP contribution is 2.27. The Labute approximate surface area is 141 Å². The lowest BCUT2D eigenvalue weighted by Gasteiger charge is -2.28. The molecule has 2 aliphatic rings. The van der Waals surface area contributed by atoms with E-state index in [9.17, 15) is 9.18 Å². The van der Waals surface area contributed by atoms with E-state index in [-0.39, 0.29) is 24.3 Å². The fourth-order valence-corrected chi connectivity index (χ4v) is 3.35. The van der Waals surface area contributed by atoms with Crippen molar-refractivity contribution in [3.8, 4) is 5.88 Å². The second kappa shape index (κ2) is 7.79. The van der Waals surface area contributed by atoms with Crippen LogP contribution in [-0.2, 0) is 11.3 Å². The molecule has 2 N–H and O–H groups in total. The van der Waals surface area contributed by atoms with Gasteiger partial charge in [0, 0.05) is 25.2 Å². The van der Waals surface area contributed by atoms with Crippen molar-refractivity contribution in [3.05, 3.63) is 17.4 Å². The van der Waals surface area contributed by atoms with Crippen LogP contribution in [0.25, 0.3) is 0 Å². The smallest absolute Gasteiger partial charge is 0.237 e. The van der Waals surface area contributed by atoms with Crippen molar-refractivity contribution in [3.63, 3.8) is 0 Å². The second-order valence-corrected chi connectivity index (χ2v) is 6.38. The molecule has 0 saturated carbocycles. The number of amides is 1. The van der Waals surface area contributed by atoms with Gasteiger partial charge in [-0.1, -0.05) is 0 Å². The Morgan fingerprint density at radius 2 is 2.21 bits per heavy atom. The second-order valence-electron chi connectivity index (χ2n) is 6.38. The van der Waals surface area contributed by atoms with Crippen LogP contribution in [0.2, 0.25) is 0 Å². The standard InChI is InChI=1S/C17H25FN4O2/c1-24-17-12(11-20-16(23)14-6-5-7-19-14)10-13(18)15(21-17)22-8-3-2-4-9-22/h10,14,19H,2-9,11H2,1H3,(H,20,23). The summed E-state index contributed by atoms with van der Waals surface area (Å²) in [7, 11) is 1.52. The number of aromatic nitrogens is 1. The highest BCUT2D eigenvalue weighted by molar-refractivity contribution is 5.82. The van der Waals surface area contributed by atoms with Crippen LogP contribution in [0.1, 0.15) is 37.7 Å². The summed E-state index contributed by atoms with van der Waals surface area (Å²) in [5.74, 6) is 0.298. The van der Waals surface area contributed by atoms with E-state index in [0.29, 0.717) is 17.3 Å². The predicted octanol–water partition coefficient (Wildman–Crippen LogP) is 1.59. The fourth-order valence-electron chi connectivity index (χ4n) is 3.35. The third kappa shape index (κ3) is 3.77. The van der Waals surface area contributed by atoms with Crippen LogP contribution in [-0.4, -0.2) is 43.7 Å². The zero-order valence-electron chi connectivity index (χ0n) is 14.1. The van der Waals surface area contributed by atoms with Gasteiger partial charge < -0.3 is 20.3 Å². The van der Waals surface area contributed by atoms with Gasteiger partial charge in [-0.05, 0) is 44.7 Å². The van der Waals surface area contributed by atoms with Crippen LogP contribution in [0.15, 0.2) is 6.07 Å². The molecule has 132 valence electrons. The third-order valence-corrected chi connectivity index (χ3v) is 4.68. The number of nitrogens with one attached hydrogen (secondary N) is 2. The molecule has 0 bridgehead atoms. The molecular weight excluding hydrogens is 311 g/mol. The summed E-state index contributed by atoms with van der Waals surface area (Å²) < 4.78 is 19.8. The Hall–Kier alpha value is -1.89. The predicted molar refractivity (Wildman–Crippen MR) is 89.7 cm³/mol. The van der Waals surface area contributed by atoms with Crippen LogP contribution in [0, 0.1) is 5.82 Å². The summed E-state index contributed by atoms with van der Waals surface area (Å²) in [6.45, 7) is 2.71. The zero-order chi connectivity index (χ0) is 16.9. The van der Waals surface area contributed by atoms with Crippen LogP contribution >= 0.6 is 0 Å². The van der Waals surface area contributed by atoms with E-state index in [1.165, 1.54) is 19.6 Å². The molecule has 7 heteroatoms. The first-order valence-electron chi connectivity index (χ1n) is 8.68. The normalized spacial score (nSPS) is 20.9. The molecule has 2 fully saturated rings. The van der Waals surface area contributed by atoms with E-state index in [0.717, 1.165) is 45.3 Å². The molecule has 3 rings (SSSR count). The maximum atomic E-state index is 14.5. The molecule has 1 amide bonds. The molecule has 3 heterocycles. The van der Waals surface area contributed by atoms with Gasteiger partial charge in [0.2, 0.25) is 11.8 Å². The summed E-state index contributed by atoms with van der Waals surface area (Å²) in [6, 6.07) is 1.28. The number of nitrogens with zero attached hydrogens (tertiary/aromatic N) is 2. The van der Waals surface area contributed by atoms with Gasteiger partial charge in [0.25, 0.3) is 0 Å². The number of ether oxygens (including phenoxy) is 1. The monoisotopic (exact) mass is 336 g/mol. The van der Waals surface area contributed by atoms with Gasteiger partial charge in [0.1, 0.15) is 0 Å². The molecule has 0 spiro atoms. The Morgan fingerprint density at radius 3 is 2.88 bits per heavy atom. The molecular formula is C17H25FN4O2. The Morgan fingerprint density at radius 1 is 1.42 bits per heavy atom. The van der Waals surface area contributed by atoms with Gasteiger partial charge in [0.05, 0.1) is 13.2 Å². The van der Waals surface area contributed by atoms with E-state index in [1.54, 1.807) is 0 Å². The lowest BCUT2D eigenvalue weighted by molar-refractivity contribution is -0.122. The minimum absolute atomic E-state index is 0.0601. The molecule has 0 aliphatic carbocycles. The highest BCUT2D eigenvalue weighted by Gasteiger charge is 2.23. The van der Waals surface area contributed by atoms with Crippen LogP contribution < -0.4 is 20.3 Å². The molecule has 0 aromatic carbocycles. The number of methoxy groups -OCH3 is 1. The van der Waals surface area contributed by atoms with Crippen LogP contribution in [0.4, 0.5) is 10.2 Å². The average Bonchev–Trinajstić information content (AvgIpc) is 3.15. The van der Waals surface area contributed by atoms with Crippen molar-refractivity contribution in [2.75, 3.05) is 31.6 Å². The first-order valence-corrected chi connectivity index (χ1v) is 8.68. The number of halogens is 1. The average molecular weight is 336 g/mol. The fraction of sp³-hybridized carbons (Fsp3) is 0.647. The summed E-state index contributed by atoms with van der Waals surface area (Å²) >= 11 is 0. The number of carbonyl (C=O) groups is 1. The van der Waals surface area contributed by atoms with Crippen molar-refractivity contribution in [1.29, 1.82) is 0 Å². The van der Waals surface area contributed by atoms with E-state index in [2.05, 4.69) is 15.6 Å². The van der Waals surface area contributed by atoms with E-state index >= 15 is 0 Å². The van der Waals surface area contributed by atoms with Crippen molar-refractivity contribution >= 4 is 11.7 Å². The first kappa shape index (κ1) is 17.0. The molecule has 2 aliphatic heterocycles. The van der Waals surface area contributed by atoms with Gasteiger partial charge in [-0.3, -0.25) is 4.79 Å². The number of pyridine rings is 1. The summed E-state index contributed by atoms with van der Waals surface area (Å²) in [5, 5.41) is 5.99. The molecule has 24 heavy (non-hydrogen) atoms. The number of rotatable bonds is 5. The minimum atomic E-state index is -0.360. The molecule has 1 atom stereocenters. The number of hydrogen-bond acceptors (Lipinski definition) is 5. The van der Waals surface area contributed by atoms with Crippen LogP contribution in [0.3, 0.4) is 0 Å². The molecule has 0 radical (unpaired) electrons. The van der Waals surface area contributed by atoms with E-state index < -0.39 is 0 Å². The Kier molecular flexibility index (Phi) is 5.50. The van der Waals surface area contributed by atoms with Crippen molar-refractivity contribution in [1.82, 2.24) is 15.6 Å². The molecule has 2 saturated heterocycles. The van der Waals surface area contributed by atoms with Gasteiger partial charge in [0.15, 0.2) is 11.6 Å². The number of carbonyl (C=O) groups excluding carboxylic acids is 1. The maximum absolute atomic E-state index is 14.5. The number of anilines is 1. The first-order chi connectivity index (χ1) is 11.7. The zero-order valence-corrected chi connectivity index (χ0v) is 14.1. The largest absolute Gasteiger partial charge is 0.481 e. The van der Waals surface area contributed by atoms with Gasteiger partial charge >= 0.3 is 0 Å². The number of piperidine rings is 1. The molecule has 1 aromatic rings. The molecule has 1 unspecified atom stereocenters.